The van der Waals surface area contributed by atoms with Crippen molar-refractivity contribution in [3.05, 3.63) is 64.2 Å². The first-order valence-electron chi connectivity index (χ1n) is 7.68. The number of hydrogen-bond acceptors (Lipinski definition) is 4. The minimum Gasteiger partial charge on any atom is -0.465 e. The van der Waals surface area contributed by atoms with Gasteiger partial charge in [-0.2, -0.15) is 0 Å². The molecule has 0 fully saturated rings. The molecule has 0 saturated heterocycles. The molecule has 0 unspecified atom stereocenters. The van der Waals surface area contributed by atoms with E-state index >= 15 is 0 Å². The Morgan fingerprint density at radius 3 is 2.28 bits per heavy atom. The van der Waals surface area contributed by atoms with Gasteiger partial charge in [-0.15, -0.1) is 0 Å². The zero-order valence-electron chi connectivity index (χ0n) is 14.0. The van der Waals surface area contributed by atoms with E-state index in [1.54, 1.807) is 42.5 Å². The highest BCUT2D eigenvalue weighted by atomic mass is 35.5. The summed E-state index contributed by atoms with van der Waals surface area (Å²) in [7, 11) is 1.29. The fourth-order valence-corrected chi connectivity index (χ4v) is 2.35. The summed E-state index contributed by atoms with van der Waals surface area (Å²) in [6.45, 7) is 1.82. The number of hydrogen-bond donors (Lipinski definition) is 1. The number of carbonyl (C=O) groups is 3. The number of anilines is 1. The van der Waals surface area contributed by atoms with Crippen molar-refractivity contribution in [2.75, 3.05) is 12.4 Å². The van der Waals surface area contributed by atoms with Crippen LogP contribution in [0.15, 0.2) is 42.5 Å². The SMILES string of the molecule is COC(=O)c1ccc(C)c(NC(=O)CCC(=O)c2ccc(Cl)cc2)c1. The van der Waals surface area contributed by atoms with Gasteiger partial charge in [0.25, 0.3) is 0 Å². The lowest BCUT2D eigenvalue weighted by Crippen LogP contribution is -2.15. The number of Topliss-reactive ketones (excluding diaryl/α,β-unsaturated/α-hetero) is 1. The first kappa shape index (κ1) is 18.7. The van der Waals surface area contributed by atoms with E-state index in [4.69, 9.17) is 11.6 Å². The third kappa shape index (κ3) is 5.16. The van der Waals surface area contributed by atoms with E-state index in [1.807, 2.05) is 6.92 Å². The summed E-state index contributed by atoms with van der Waals surface area (Å²) in [4.78, 5) is 35.8. The molecule has 0 bridgehead atoms. The molecule has 6 heteroatoms. The van der Waals surface area contributed by atoms with E-state index in [0.29, 0.717) is 21.8 Å². The number of methoxy groups -OCH3 is 1. The number of benzene rings is 2. The molecule has 2 aromatic carbocycles. The van der Waals surface area contributed by atoms with Crippen molar-refractivity contribution < 1.29 is 19.1 Å². The Kier molecular flexibility index (Phi) is 6.31. The van der Waals surface area contributed by atoms with E-state index in [1.165, 1.54) is 7.11 Å². The molecule has 0 radical (unpaired) electrons. The van der Waals surface area contributed by atoms with E-state index in [-0.39, 0.29) is 24.5 Å². The summed E-state index contributed by atoms with van der Waals surface area (Å²) >= 11 is 5.79. The molecule has 0 aliphatic rings. The molecule has 0 spiro atoms. The standard InChI is InChI=1S/C19H18ClNO4/c1-12-3-4-14(19(24)25-2)11-16(12)21-18(23)10-9-17(22)13-5-7-15(20)8-6-13/h3-8,11H,9-10H2,1-2H3,(H,21,23). The van der Waals surface area contributed by atoms with Crippen molar-refractivity contribution >= 4 is 34.9 Å². The Labute approximate surface area is 150 Å². The molecule has 0 aliphatic carbocycles. The average Bonchev–Trinajstić information content (AvgIpc) is 2.61. The number of ether oxygens (including phenoxy) is 1. The van der Waals surface area contributed by atoms with Crippen LogP contribution in [0.5, 0.6) is 0 Å². The second-order valence-corrected chi connectivity index (χ2v) is 5.94. The maximum Gasteiger partial charge on any atom is 0.337 e. The lowest BCUT2D eigenvalue weighted by Gasteiger charge is -2.10. The van der Waals surface area contributed by atoms with Crippen molar-refractivity contribution in [3.63, 3.8) is 0 Å². The molecule has 0 saturated carbocycles. The summed E-state index contributed by atoms with van der Waals surface area (Å²) < 4.78 is 4.67. The zero-order valence-corrected chi connectivity index (χ0v) is 14.7. The monoisotopic (exact) mass is 359 g/mol. The number of amides is 1. The minimum absolute atomic E-state index is 0.0450. The van der Waals surface area contributed by atoms with Crippen molar-refractivity contribution in [2.45, 2.75) is 19.8 Å². The predicted octanol–water partition coefficient (Wildman–Crippen LogP) is 4.04. The summed E-state index contributed by atoms with van der Waals surface area (Å²) in [6, 6.07) is 11.4. The minimum atomic E-state index is -0.478. The number of aryl methyl sites for hydroxylation is 1. The maximum absolute atomic E-state index is 12.1. The number of carbonyl (C=O) groups excluding carboxylic acids is 3. The molecule has 0 heterocycles. The Balaban J connectivity index is 1.97. The number of nitrogens with one attached hydrogen (secondary N) is 1. The molecular formula is C19H18ClNO4. The van der Waals surface area contributed by atoms with Crippen molar-refractivity contribution in [1.82, 2.24) is 0 Å². The van der Waals surface area contributed by atoms with Gasteiger partial charge in [0.05, 0.1) is 12.7 Å². The normalized spacial score (nSPS) is 10.2. The third-order valence-electron chi connectivity index (χ3n) is 3.68. The Morgan fingerprint density at radius 2 is 1.64 bits per heavy atom. The van der Waals surface area contributed by atoms with Crippen molar-refractivity contribution in [1.29, 1.82) is 0 Å². The van der Waals surface area contributed by atoms with Crippen LogP contribution in [0, 0.1) is 6.92 Å². The second kappa shape index (κ2) is 8.44. The molecule has 0 atom stereocenters. The molecule has 2 aromatic rings. The number of rotatable bonds is 6. The van der Waals surface area contributed by atoms with Crippen LogP contribution in [0.25, 0.3) is 0 Å². The first-order valence-corrected chi connectivity index (χ1v) is 8.06. The van der Waals surface area contributed by atoms with Gasteiger partial charge < -0.3 is 10.1 Å². The maximum atomic E-state index is 12.1. The highest BCUT2D eigenvalue weighted by Gasteiger charge is 2.12. The van der Waals surface area contributed by atoms with Crippen LogP contribution >= 0.6 is 11.6 Å². The van der Waals surface area contributed by atoms with Gasteiger partial charge in [-0.1, -0.05) is 17.7 Å². The predicted molar refractivity (Wildman–Crippen MR) is 96.2 cm³/mol. The van der Waals surface area contributed by atoms with Gasteiger partial charge in [0.2, 0.25) is 5.91 Å². The van der Waals surface area contributed by atoms with E-state index in [2.05, 4.69) is 10.1 Å². The van der Waals surface area contributed by atoms with Gasteiger partial charge in [0.1, 0.15) is 0 Å². The van der Waals surface area contributed by atoms with Gasteiger partial charge in [0.15, 0.2) is 5.78 Å². The molecule has 2 rings (SSSR count). The fourth-order valence-electron chi connectivity index (χ4n) is 2.22. The van der Waals surface area contributed by atoms with Crippen LogP contribution in [0.1, 0.15) is 39.1 Å². The van der Waals surface area contributed by atoms with Gasteiger partial charge in [0, 0.05) is 29.1 Å². The van der Waals surface area contributed by atoms with Crippen molar-refractivity contribution in [3.8, 4) is 0 Å². The second-order valence-electron chi connectivity index (χ2n) is 5.50. The van der Waals surface area contributed by atoms with Crippen LogP contribution in [-0.2, 0) is 9.53 Å². The van der Waals surface area contributed by atoms with Gasteiger partial charge in [-0.25, -0.2) is 4.79 Å². The van der Waals surface area contributed by atoms with Gasteiger partial charge in [-0.05, 0) is 48.9 Å². The number of ketones is 1. The Morgan fingerprint density at radius 1 is 1.00 bits per heavy atom. The van der Waals surface area contributed by atoms with Crippen LogP contribution in [0.2, 0.25) is 5.02 Å². The summed E-state index contributed by atoms with van der Waals surface area (Å²) in [5, 5.41) is 3.28. The Bertz CT molecular complexity index is 800. The quantitative estimate of drug-likeness (QED) is 0.624. The molecule has 5 nitrogen and oxygen atoms in total. The van der Waals surface area contributed by atoms with E-state index in [9.17, 15) is 14.4 Å². The molecule has 0 aromatic heterocycles. The Hall–Kier alpha value is -2.66. The van der Waals surface area contributed by atoms with Gasteiger partial charge in [-0.3, -0.25) is 9.59 Å². The third-order valence-corrected chi connectivity index (χ3v) is 3.93. The van der Waals surface area contributed by atoms with E-state index < -0.39 is 5.97 Å². The number of halogens is 1. The lowest BCUT2D eigenvalue weighted by atomic mass is 10.1. The molecule has 0 aliphatic heterocycles. The first-order chi connectivity index (χ1) is 11.9. The largest absolute Gasteiger partial charge is 0.465 e. The molecule has 25 heavy (non-hydrogen) atoms. The van der Waals surface area contributed by atoms with Crippen molar-refractivity contribution in [2.24, 2.45) is 0 Å². The highest BCUT2D eigenvalue weighted by Crippen LogP contribution is 2.18. The topological polar surface area (TPSA) is 72.5 Å². The summed E-state index contributed by atoms with van der Waals surface area (Å²) in [5.41, 5.74) is 2.19. The average molecular weight is 360 g/mol. The van der Waals surface area contributed by atoms with Crippen LogP contribution in [0.4, 0.5) is 5.69 Å². The van der Waals surface area contributed by atoms with Crippen LogP contribution < -0.4 is 5.32 Å². The van der Waals surface area contributed by atoms with Crippen LogP contribution in [-0.4, -0.2) is 24.8 Å². The summed E-state index contributed by atoms with van der Waals surface area (Å²) in [5.74, 6) is -0.910. The fraction of sp³-hybridized carbons (Fsp3) is 0.211. The number of esters is 1. The lowest BCUT2D eigenvalue weighted by molar-refractivity contribution is -0.116. The van der Waals surface area contributed by atoms with Gasteiger partial charge >= 0.3 is 5.97 Å². The highest BCUT2D eigenvalue weighted by molar-refractivity contribution is 6.30. The van der Waals surface area contributed by atoms with Crippen LogP contribution in [0.3, 0.4) is 0 Å². The smallest absolute Gasteiger partial charge is 0.337 e. The molecule has 1 amide bonds. The summed E-state index contributed by atoms with van der Waals surface area (Å²) in [6.07, 6.45) is 0.132. The molecular weight excluding hydrogens is 342 g/mol. The molecule has 1 N–H and O–H groups in total. The molecule has 130 valence electrons. The van der Waals surface area contributed by atoms with E-state index in [0.717, 1.165) is 5.56 Å². The zero-order chi connectivity index (χ0) is 18.4.